The van der Waals surface area contributed by atoms with Crippen molar-refractivity contribution in [1.82, 2.24) is 0 Å². The van der Waals surface area contributed by atoms with Crippen molar-refractivity contribution in [3.8, 4) is 11.5 Å². The summed E-state index contributed by atoms with van der Waals surface area (Å²) in [6.45, 7) is 1.45. The summed E-state index contributed by atoms with van der Waals surface area (Å²) >= 11 is 2.05. The maximum absolute atomic E-state index is 12.6. The Balaban J connectivity index is 1.94. The van der Waals surface area contributed by atoms with Crippen molar-refractivity contribution in [3.63, 3.8) is 0 Å². The highest BCUT2D eigenvalue weighted by Gasteiger charge is 2.40. The van der Waals surface area contributed by atoms with Crippen molar-refractivity contribution < 1.29 is 28.5 Å². The third-order valence-corrected chi connectivity index (χ3v) is 8.93. The van der Waals surface area contributed by atoms with Gasteiger partial charge in [0.2, 0.25) is 0 Å². The minimum atomic E-state index is -3.50. The lowest BCUT2D eigenvalue weighted by atomic mass is 9.91. The Bertz CT molecular complexity index is 1170. The van der Waals surface area contributed by atoms with Gasteiger partial charge in [0.1, 0.15) is 5.25 Å². The van der Waals surface area contributed by atoms with Gasteiger partial charge in [0.25, 0.3) is 0 Å². The van der Waals surface area contributed by atoms with Crippen molar-refractivity contribution in [1.29, 1.82) is 0 Å². The largest absolute Gasteiger partial charge is 0.504 e. The van der Waals surface area contributed by atoms with Crippen LogP contribution in [0.25, 0.3) is 11.6 Å². The van der Waals surface area contributed by atoms with Gasteiger partial charge in [0.15, 0.2) is 21.3 Å². The minimum Gasteiger partial charge on any atom is -0.504 e. The van der Waals surface area contributed by atoms with Gasteiger partial charge >= 0.3 is 0 Å². The fourth-order valence-corrected chi connectivity index (χ4v) is 7.02. The molecule has 184 valence electrons. The predicted octanol–water partition coefficient (Wildman–Crippen LogP) is 4.57. The van der Waals surface area contributed by atoms with Gasteiger partial charge in [-0.15, -0.1) is 0 Å². The minimum absolute atomic E-state index is 0.0878. The normalized spacial score (nSPS) is 18.9. The Kier molecular flexibility index (Phi) is 9.20. The number of aliphatic hydroxyl groups is 2. The Morgan fingerprint density at radius 3 is 2.59 bits per heavy atom. The highest BCUT2D eigenvalue weighted by atomic mass is 127. The molecule has 3 rings (SSSR count). The second kappa shape index (κ2) is 11.7. The van der Waals surface area contributed by atoms with E-state index in [0.717, 1.165) is 28.7 Å². The van der Waals surface area contributed by atoms with Crippen LogP contribution >= 0.6 is 22.6 Å². The van der Waals surface area contributed by atoms with Gasteiger partial charge in [-0.3, -0.25) is 0 Å². The molecule has 1 aliphatic heterocycles. The monoisotopic (exact) mass is 598 g/mol. The van der Waals surface area contributed by atoms with Crippen LogP contribution in [0.4, 0.5) is 0 Å². The zero-order valence-electron chi connectivity index (χ0n) is 19.4. The lowest BCUT2D eigenvalue weighted by Crippen LogP contribution is -2.29. The van der Waals surface area contributed by atoms with E-state index >= 15 is 0 Å². The molecule has 2 atom stereocenters. The van der Waals surface area contributed by atoms with Gasteiger partial charge in [0.05, 0.1) is 29.1 Å². The number of benzene rings is 2. The van der Waals surface area contributed by atoms with Gasteiger partial charge in [-0.1, -0.05) is 55.3 Å². The number of halogens is 1. The molecule has 0 aliphatic carbocycles. The van der Waals surface area contributed by atoms with Gasteiger partial charge in [-0.05, 0) is 76.3 Å². The molecular formula is C26H31IO6S. The molecule has 0 radical (unpaired) electrons. The van der Waals surface area contributed by atoms with Gasteiger partial charge < -0.3 is 20.1 Å². The van der Waals surface area contributed by atoms with E-state index < -0.39 is 27.8 Å². The summed E-state index contributed by atoms with van der Waals surface area (Å²) in [4.78, 5) is 0. The molecule has 8 heteroatoms. The molecule has 0 saturated heterocycles. The van der Waals surface area contributed by atoms with E-state index in [1.807, 2.05) is 49.4 Å². The lowest BCUT2D eigenvalue weighted by Gasteiger charge is -2.20. The number of hydrogen-bond donors (Lipinski definition) is 3. The first-order valence-electron chi connectivity index (χ1n) is 11.3. The molecule has 0 unspecified atom stereocenters. The second-order valence-electron chi connectivity index (χ2n) is 8.43. The smallest absolute Gasteiger partial charge is 0.171 e. The van der Waals surface area contributed by atoms with Crippen LogP contribution in [0, 0.1) is 3.57 Å². The first-order valence-corrected chi connectivity index (χ1v) is 14.1. The molecule has 6 nitrogen and oxygen atoms in total. The number of phenolic OH excluding ortho intramolecular Hbond substituents is 1. The molecule has 2 aromatic carbocycles. The molecule has 3 N–H and O–H groups in total. The molecule has 2 aromatic rings. The van der Waals surface area contributed by atoms with E-state index in [-0.39, 0.29) is 11.5 Å². The van der Waals surface area contributed by atoms with Crippen LogP contribution in [0.3, 0.4) is 0 Å². The van der Waals surface area contributed by atoms with E-state index in [1.165, 1.54) is 7.11 Å². The van der Waals surface area contributed by atoms with Gasteiger partial charge in [0, 0.05) is 0 Å². The molecule has 0 aromatic heterocycles. The molecule has 0 spiro atoms. The average molecular weight is 598 g/mol. The topological polar surface area (TPSA) is 104 Å². The van der Waals surface area contributed by atoms with Crippen molar-refractivity contribution in [2.24, 2.45) is 0 Å². The Hall–Kier alpha value is -1.88. The van der Waals surface area contributed by atoms with Crippen molar-refractivity contribution in [2.75, 3.05) is 19.5 Å². The summed E-state index contributed by atoms with van der Waals surface area (Å²) in [6.07, 6.45) is 3.21. The van der Waals surface area contributed by atoms with Gasteiger partial charge in [-0.25, -0.2) is 8.42 Å². The SMILES string of the molecule is CCCC1=C([C@H](O)CC/C(=C/c2cc(I)c(O)c(OC)c2)c2ccccc2)[C@H](CO)S(=O)(=O)C1. The fraction of sp³-hybridized carbons (Fsp3) is 0.385. The van der Waals surface area contributed by atoms with Crippen LogP contribution in [0.15, 0.2) is 53.6 Å². The number of ether oxygens (including phenoxy) is 1. The van der Waals surface area contributed by atoms with E-state index in [9.17, 15) is 23.7 Å². The Labute approximate surface area is 215 Å². The maximum Gasteiger partial charge on any atom is 0.171 e. The van der Waals surface area contributed by atoms with Crippen molar-refractivity contribution >= 4 is 44.1 Å². The van der Waals surface area contributed by atoms with Crippen molar-refractivity contribution in [2.45, 2.75) is 44.0 Å². The van der Waals surface area contributed by atoms with E-state index in [1.54, 1.807) is 6.07 Å². The summed E-state index contributed by atoms with van der Waals surface area (Å²) in [6, 6.07) is 13.4. The molecule has 0 saturated carbocycles. The van der Waals surface area contributed by atoms with Gasteiger partial charge in [-0.2, -0.15) is 0 Å². The number of allylic oxidation sites excluding steroid dienone is 1. The van der Waals surface area contributed by atoms with Crippen LogP contribution in [0.1, 0.15) is 43.7 Å². The second-order valence-corrected chi connectivity index (χ2v) is 11.8. The van der Waals surface area contributed by atoms with Crippen LogP contribution < -0.4 is 4.74 Å². The maximum atomic E-state index is 12.6. The molecule has 0 bridgehead atoms. The number of rotatable bonds is 10. The van der Waals surface area contributed by atoms with E-state index in [4.69, 9.17) is 4.74 Å². The molecule has 0 fully saturated rings. The fourth-order valence-electron chi connectivity index (χ4n) is 4.46. The standard InChI is InChI=1S/C26H31IO6S/c1-3-7-20-16-34(31,32)24(15-28)25(20)22(29)11-10-19(18-8-5-4-6-9-18)12-17-13-21(27)26(30)23(14-17)33-2/h4-6,8-9,12-14,22,24,28-30H,3,7,10-11,15-16H2,1-2H3/b19-12-/t22-,24+/m1/s1. The molecular weight excluding hydrogens is 567 g/mol. The van der Waals surface area contributed by atoms with Crippen molar-refractivity contribution in [3.05, 3.63) is 68.3 Å². The molecule has 1 heterocycles. The van der Waals surface area contributed by atoms with E-state index in [0.29, 0.717) is 34.2 Å². The zero-order valence-corrected chi connectivity index (χ0v) is 22.3. The zero-order chi connectivity index (χ0) is 24.9. The molecule has 0 amide bonds. The molecule has 34 heavy (non-hydrogen) atoms. The van der Waals surface area contributed by atoms with Crippen LogP contribution in [-0.4, -0.2) is 54.6 Å². The Morgan fingerprint density at radius 1 is 1.26 bits per heavy atom. The number of aliphatic hydroxyl groups excluding tert-OH is 2. The average Bonchev–Trinajstić information content (AvgIpc) is 3.08. The van der Waals surface area contributed by atoms with E-state index in [2.05, 4.69) is 22.6 Å². The first-order chi connectivity index (χ1) is 16.2. The third kappa shape index (κ3) is 6.02. The quantitative estimate of drug-likeness (QED) is 0.210. The first kappa shape index (κ1) is 26.7. The number of phenols is 1. The predicted molar refractivity (Wildman–Crippen MR) is 144 cm³/mol. The number of sulfone groups is 1. The number of hydrogen-bond acceptors (Lipinski definition) is 6. The highest BCUT2D eigenvalue weighted by molar-refractivity contribution is 14.1. The summed E-state index contributed by atoms with van der Waals surface area (Å²) in [5.74, 6) is 0.373. The summed E-state index contributed by atoms with van der Waals surface area (Å²) < 4.78 is 31.1. The number of methoxy groups -OCH3 is 1. The van der Waals surface area contributed by atoms with Crippen LogP contribution in [0.2, 0.25) is 0 Å². The number of aromatic hydroxyl groups is 1. The summed E-state index contributed by atoms with van der Waals surface area (Å²) in [5.41, 5.74) is 3.99. The molecule has 1 aliphatic rings. The Morgan fingerprint density at radius 2 is 1.97 bits per heavy atom. The summed E-state index contributed by atoms with van der Waals surface area (Å²) in [7, 11) is -1.99. The van der Waals surface area contributed by atoms with Crippen LogP contribution in [-0.2, 0) is 9.84 Å². The summed E-state index contributed by atoms with van der Waals surface area (Å²) in [5, 5.41) is 30.0. The van der Waals surface area contributed by atoms with Crippen LogP contribution in [0.5, 0.6) is 11.5 Å². The third-order valence-electron chi connectivity index (χ3n) is 6.08. The highest BCUT2D eigenvalue weighted by Crippen LogP contribution is 2.36. The lowest BCUT2D eigenvalue weighted by molar-refractivity contribution is 0.190.